The second-order valence-corrected chi connectivity index (χ2v) is 7.19. The van der Waals surface area contributed by atoms with E-state index in [4.69, 9.17) is 0 Å². The monoisotopic (exact) mass is 385 g/mol. The lowest BCUT2D eigenvalue weighted by molar-refractivity contribution is -0.206. The molecular formula is C17H18F3N3O2S. The second kappa shape index (κ2) is 7.24. The number of alkyl halides is 3. The molecule has 1 aliphatic carbocycles. The Morgan fingerprint density at radius 3 is 2.54 bits per heavy atom. The van der Waals surface area contributed by atoms with E-state index < -0.39 is 12.3 Å². The summed E-state index contributed by atoms with van der Waals surface area (Å²) in [6.45, 7) is 1.96. The van der Waals surface area contributed by atoms with Gasteiger partial charge in [0.1, 0.15) is 10.8 Å². The maximum atomic E-state index is 12.5. The number of amides is 2. The fourth-order valence-electron chi connectivity index (χ4n) is 2.53. The number of aromatic nitrogens is 1. The topological polar surface area (TPSA) is 74.2 Å². The number of hydrogen-bond acceptors (Lipinski definition) is 4. The summed E-state index contributed by atoms with van der Waals surface area (Å²) in [7, 11) is 0. The van der Waals surface area contributed by atoms with Crippen LogP contribution in [0.1, 0.15) is 31.4 Å². The Morgan fingerprint density at radius 2 is 1.96 bits per heavy atom. The molecule has 1 aromatic carbocycles. The first-order chi connectivity index (χ1) is 12.2. The van der Waals surface area contributed by atoms with Gasteiger partial charge in [0.15, 0.2) is 6.10 Å². The van der Waals surface area contributed by atoms with Crippen LogP contribution >= 0.6 is 11.3 Å². The van der Waals surface area contributed by atoms with Crippen molar-refractivity contribution in [1.82, 2.24) is 10.3 Å². The van der Waals surface area contributed by atoms with E-state index in [1.165, 1.54) is 35.6 Å². The Balaban J connectivity index is 1.63. The van der Waals surface area contributed by atoms with Crippen molar-refractivity contribution in [3.63, 3.8) is 0 Å². The van der Waals surface area contributed by atoms with Gasteiger partial charge in [-0.2, -0.15) is 13.2 Å². The highest BCUT2D eigenvalue weighted by molar-refractivity contribution is 7.13. The van der Waals surface area contributed by atoms with Gasteiger partial charge in [-0.1, -0.05) is 24.3 Å². The van der Waals surface area contributed by atoms with Crippen LogP contribution in [0.3, 0.4) is 0 Å². The zero-order valence-electron chi connectivity index (χ0n) is 13.9. The van der Waals surface area contributed by atoms with E-state index in [1.807, 2.05) is 6.92 Å². The van der Waals surface area contributed by atoms with Crippen molar-refractivity contribution in [2.75, 3.05) is 5.32 Å². The van der Waals surface area contributed by atoms with E-state index in [9.17, 15) is 23.1 Å². The lowest BCUT2D eigenvalue weighted by Gasteiger charge is -2.14. The fourth-order valence-corrected chi connectivity index (χ4v) is 3.29. The van der Waals surface area contributed by atoms with Gasteiger partial charge >= 0.3 is 12.2 Å². The Kier molecular flexibility index (Phi) is 5.19. The van der Waals surface area contributed by atoms with Gasteiger partial charge in [0.2, 0.25) is 0 Å². The molecular weight excluding hydrogens is 367 g/mol. The molecule has 1 fully saturated rings. The summed E-state index contributed by atoms with van der Waals surface area (Å²) in [6, 6.07) is 5.13. The maximum Gasteiger partial charge on any atom is 0.418 e. The summed E-state index contributed by atoms with van der Waals surface area (Å²) >= 11 is 1.26. The minimum Gasteiger partial charge on any atom is -0.379 e. The molecule has 0 spiro atoms. The maximum absolute atomic E-state index is 12.5. The van der Waals surface area contributed by atoms with Crippen LogP contribution < -0.4 is 10.6 Å². The number of aliphatic hydroxyl groups is 1. The summed E-state index contributed by atoms with van der Waals surface area (Å²) < 4.78 is 37.6. The number of rotatable bonds is 5. The average Bonchev–Trinajstić information content (AvgIpc) is 3.34. The molecule has 2 amide bonds. The fraction of sp³-hybridized carbons (Fsp3) is 0.412. The summed E-state index contributed by atoms with van der Waals surface area (Å²) in [5, 5.41) is 17.0. The number of aliphatic hydroxyl groups excluding tert-OH is 1. The first kappa shape index (κ1) is 18.7. The van der Waals surface area contributed by atoms with Crippen LogP contribution in [0.25, 0.3) is 10.6 Å². The number of hydrogen-bond donors (Lipinski definition) is 3. The number of halogens is 3. The normalized spacial score (nSPS) is 16.8. The van der Waals surface area contributed by atoms with Crippen molar-refractivity contribution in [2.45, 2.75) is 38.1 Å². The highest BCUT2D eigenvalue weighted by Crippen LogP contribution is 2.34. The number of benzene rings is 1. The number of thiazole rings is 1. The lowest BCUT2D eigenvalue weighted by Crippen LogP contribution is -2.37. The summed E-state index contributed by atoms with van der Waals surface area (Å²) in [4.78, 5) is 16.2. The van der Waals surface area contributed by atoms with Gasteiger partial charge in [0.25, 0.3) is 0 Å². The molecule has 9 heteroatoms. The molecule has 3 rings (SSSR count). The first-order valence-electron chi connectivity index (χ1n) is 8.12. The third kappa shape index (κ3) is 4.53. The predicted octanol–water partition coefficient (Wildman–Crippen LogP) is 4.33. The Bertz CT molecular complexity index is 772. The van der Waals surface area contributed by atoms with Crippen molar-refractivity contribution >= 4 is 23.2 Å². The molecule has 1 aliphatic rings. The molecule has 0 saturated heterocycles. The van der Waals surface area contributed by atoms with Gasteiger partial charge in [-0.25, -0.2) is 9.78 Å². The number of carbonyl (C=O) groups excluding carboxylic acids is 1. The lowest BCUT2D eigenvalue weighted by atomic mass is 10.1. The van der Waals surface area contributed by atoms with Gasteiger partial charge in [-0.3, -0.25) is 5.32 Å². The largest absolute Gasteiger partial charge is 0.418 e. The molecule has 140 valence electrons. The Labute approximate surface area is 152 Å². The van der Waals surface area contributed by atoms with Gasteiger partial charge < -0.3 is 10.4 Å². The van der Waals surface area contributed by atoms with Crippen molar-refractivity contribution in [3.05, 3.63) is 35.2 Å². The second-order valence-electron chi connectivity index (χ2n) is 6.33. The third-order valence-electron chi connectivity index (χ3n) is 4.22. The molecule has 1 saturated carbocycles. The molecule has 0 unspecified atom stereocenters. The van der Waals surface area contributed by atoms with Crippen LogP contribution in [-0.4, -0.2) is 28.3 Å². The van der Waals surface area contributed by atoms with Gasteiger partial charge in [0.05, 0.1) is 0 Å². The van der Waals surface area contributed by atoms with E-state index in [0.29, 0.717) is 22.3 Å². The molecule has 1 heterocycles. The minimum absolute atomic E-state index is 0.112. The van der Waals surface area contributed by atoms with Crippen LogP contribution in [0.4, 0.5) is 23.8 Å². The van der Waals surface area contributed by atoms with E-state index in [-0.39, 0.29) is 17.6 Å². The van der Waals surface area contributed by atoms with Gasteiger partial charge in [0, 0.05) is 17.0 Å². The number of urea groups is 1. The summed E-state index contributed by atoms with van der Waals surface area (Å²) in [6.07, 6.45) is -4.96. The molecule has 2 atom stereocenters. The first-order valence-corrected chi connectivity index (χ1v) is 9.00. The van der Waals surface area contributed by atoms with E-state index in [1.54, 1.807) is 5.38 Å². The number of nitrogens with one attached hydrogen (secondary N) is 2. The van der Waals surface area contributed by atoms with Crippen LogP contribution in [0.2, 0.25) is 0 Å². The average molecular weight is 385 g/mol. The Hall–Kier alpha value is -2.13. The molecule has 0 bridgehead atoms. The standard InChI is InChI=1S/C17H18F3N3O2S/c1-9(10-2-3-10)21-16(25)23-13-8-26-15(22-13)12-6-4-11(5-7-12)14(24)17(18,19)20/h4-10,14,24H,2-3H2,1H3,(H2,21,23,25)/t9-,14-/m0/s1. The zero-order chi connectivity index (χ0) is 18.9. The minimum atomic E-state index is -4.70. The van der Waals surface area contributed by atoms with E-state index in [2.05, 4.69) is 15.6 Å². The molecule has 0 aliphatic heterocycles. The van der Waals surface area contributed by atoms with Crippen molar-refractivity contribution in [3.8, 4) is 10.6 Å². The van der Waals surface area contributed by atoms with Crippen LogP contribution in [0.5, 0.6) is 0 Å². The van der Waals surface area contributed by atoms with Crippen molar-refractivity contribution in [1.29, 1.82) is 0 Å². The predicted molar refractivity (Wildman–Crippen MR) is 92.9 cm³/mol. The summed E-state index contributed by atoms with van der Waals surface area (Å²) in [5.41, 5.74) is 0.373. The molecule has 1 aromatic heterocycles. The number of carbonyl (C=O) groups is 1. The highest BCUT2D eigenvalue weighted by atomic mass is 32.1. The van der Waals surface area contributed by atoms with Crippen molar-refractivity contribution < 1.29 is 23.1 Å². The summed E-state index contributed by atoms with van der Waals surface area (Å²) in [5.74, 6) is 0.919. The molecule has 2 aromatic rings. The zero-order valence-corrected chi connectivity index (χ0v) is 14.7. The van der Waals surface area contributed by atoms with Crippen molar-refractivity contribution in [2.24, 2.45) is 5.92 Å². The van der Waals surface area contributed by atoms with Crippen LogP contribution in [0, 0.1) is 5.92 Å². The molecule has 3 N–H and O–H groups in total. The SMILES string of the molecule is C[C@H](NC(=O)Nc1csc(-c2ccc([C@H](O)C(F)(F)F)cc2)n1)C1CC1. The molecule has 0 radical (unpaired) electrons. The smallest absolute Gasteiger partial charge is 0.379 e. The Morgan fingerprint density at radius 1 is 1.31 bits per heavy atom. The number of anilines is 1. The molecule has 5 nitrogen and oxygen atoms in total. The van der Waals surface area contributed by atoms with Gasteiger partial charge in [-0.05, 0) is 31.2 Å². The van der Waals surface area contributed by atoms with Crippen LogP contribution in [0.15, 0.2) is 29.6 Å². The number of nitrogens with zero attached hydrogens (tertiary/aromatic N) is 1. The van der Waals surface area contributed by atoms with Gasteiger partial charge in [-0.15, -0.1) is 11.3 Å². The molecule has 26 heavy (non-hydrogen) atoms. The van der Waals surface area contributed by atoms with E-state index in [0.717, 1.165) is 12.8 Å². The quantitative estimate of drug-likeness (QED) is 0.717. The highest BCUT2D eigenvalue weighted by Gasteiger charge is 2.39. The van der Waals surface area contributed by atoms with Crippen LogP contribution in [-0.2, 0) is 0 Å². The third-order valence-corrected chi connectivity index (χ3v) is 5.11. The van der Waals surface area contributed by atoms with E-state index >= 15 is 0 Å².